The fraction of sp³-hybridized carbons (Fsp3) is 0.286. The molecule has 2 aromatic carbocycles. The molecular weight excluding hydrogens is 431 g/mol. The normalized spacial score (nSPS) is 16.2. The molecule has 11 heteroatoms. The van der Waals surface area contributed by atoms with Gasteiger partial charge in [-0.1, -0.05) is 29.4 Å². The van der Waals surface area contributed by atoms with Crippen molar-refractivity contribution in [1.29, 1.82) is 0 Å². The van der Waals surface area contributed by atoms with Crippen LogP contribution in [0.25, 0.3) is 11.1 Å². The molecule has 0 bridgehead atoms. The lowest BCUT2D eigenvalue weighted by Crippen LogP contribution is -2.41. The molecule has 0 atom stereocenters. The predicted octanol–water partition coefficient (Wildman–Crippen LogP) is 3.79. The van der Waals surface area contributed by atoms with Crippen molar-refractivity contribution in [2.24, 2.45) is 5.16 Å². The van der Waals surface area contributed by atoms with Gasteiger partial charge in [-0.15, -0.1) is 13.2 Å². The Morgan fingerprint density at radius 3 is 2.00 bits per heavy atom. The van der Waals surface area contributed by atoms with E-state index < -0.39 is 23.8 Å². The highest BCUT2D eigenvalue weighted by Crippen LogP contribution is 2.27. The Morgan fingerprint density at radius 1 is 1.03 bits per heavy atom. The number of hydrogen-bond donors (Lipinski definition) is 2. The molecular formula is C21H20F3N3O5. The number of carbonyl (C=O) groups is 2. The molecule has 1 fully saturated rings. The Balaban J connectivity index is 1.58. The lowest BCUT2D eigenvalue weighted by molar-refractivity contribution is -0.274. The summed E-state index contributed by atoms with van der Waals surface area (Å²) < 4.78 is 46.2. The van der Waals surface area contributed by atoms with E-state index in [1.807, 2.05) is 0 Å². The van der Waals surface area contributed by atoms with E-state index >= 15 is 0 Å². The number of carbonyl (C=O) groups excluding carboxylic acids is 2. The Hall–Kier alpha value is -3.76. The van der Waals surface area contributed by atoms with Crippen LogP contribution in [0.2, 0.25) is 0 Å². The van der Waals surface area contributed by atoms with Gasteiger partial charge < -0.3 is 20.0 Å². The molecule has 0 radical (unpaired) electrons. The van der Waals surface area contributed by atoms with E-state index in [1.165, 1.54) is 24.3 Å². The van der Waals surface area contributed by atoms with Gasteiger partial charge in [0.05, 0.1) is 6.54 Å². The number of nitrogens with one attached hydrogen (secondary N) is 1. The molecule has 1 aliphatic rings. The van der Waals surface area contributed by atoms with E-state index in [1.54, 1.807) is 38.1 Å². The molecule has 1 heterocycles. The highest BCUT2D eigenvalue weighted by atomic mass is 19.4. The molecule has 0 spiro atoms. The van der Waals surface area contributed by atoms with Crippen molar-refractivity contribution >= 4 is 17.6 Å². The van der Waals surface area contributed by atoms with Crippen molar-refractivity contribution in [2.75, 3.05) is 13.2 Å². The number of halogens is 3. The maximum absolute atomic E-state index is 12.3. The van der Waals surface area contributed by atoms with Gasteiger partial charge in [0.15, 0.2) is 0 Å². The molecule has 1 aliphatic heterocycles. The van der Waals surface area contributed by atoms with Crippen LogP contribution in [0.5, 0.6) is 11.5 Å². The average molecular weight is 451 g/mol. The minimum Gasteiger partial charge on any atom is -0.487 e. The number of rotatable bonds is 7. The number of nitrogens with zero attached hydrogens (tertiary/aromatic N) is 2. The molecule has 170 valence electrons. The molecule has 0 aliphatic carbocycles. The van der Waals surface area contributed by atoms with E-state index in [9.17, 15) is 28.0 Å². The minimum atomic E-state index is -4.75. The van der Waals surface area contributed by atoms with E-state index in [0.717, 1.165) is 10.5 Å². The first-order valence-corrected chi connectivity index (χ1v) is 9.41. The molecule has 0 unspecified atom stereocenters. The number of benzene rings is 2. The van der Waals surface area contributed by atoms with Crippen molar-refractivity contribution in [2.45, 2.75) is 25.7 Å². The Morgan fingerprint density at radius 2 is 1.56 bits per heavy atom. The monoisotopic (exact) mass is 451 g/mol. The lowest BCUT2D eigenvalue weighted by Gasteiger charge is -2.16. The Kier molecular flexibility index (Phi) is 6.28. The first-order chi connectivity index (χ1) is 15.0. The van der Waals surface area contributed by atoms with Crippen LogP contribution < -0.4 is 14.8 Å². The minimum absolute atomic E-state index is 0.0653. The standard InChI is InChI=1S/C21H20F3N3O5/c1-20(2)18(28)27(19(29)25-20)11-15(26-30)12-31-16-7-3-13(4-8-16)14-5-9-17(10-6-14)32-21(22,23)24/h3-10,30H,11-12H2,1-2H3,(H,25,29)/b26-15-. The topological polar surface area (TPSA) is 100 Å². The van der Waals surface area contributed by atoms with Crippen molar-refractivity contribution in [3.05, 3.63) is 48.5 Å². The molecule has 1 saturated heterocycles. The first kappa shape index (κ1) is 22.9. The number of urea groups is 1. The van der Waals surface area contributed by atoms with Crippen LogP contribution in [0, 0.1) is 0 Å². The van der Waals surface area contributed by atoms with Gasteiger partial charge in [-0.3, -0.25) is 9.69 Å². The summed E-state index contributed by atoms with van der Waals surface area (Å²) in [5, 5.41) is 14.8. The van der Waals surface area contributed by atoms with E-state index in [4.69, 9.17) is 4.74 Å². The van der Waals surface area contributed by atoms with Gasteiger partial charge in [0.2, 0.25) is 0 Å². The van der Waals surface area contributed by atoms with Gasteiger partial charge in [0, 0.05) is 0 Å². The zero-order valence-corrected chi connectivity index (χ0v) is 17.1. The van der Waals surface area contributed by atoms with Crippen LogP contribution in [0.3, 0.4) is 0 Å². The largest absolute Gasteiger partial charge is 0.573 e. The molecule has 8 nitrogen and oxygen atoms in total. The highest BCUT2D eigenvalue weighted by molar-refractivity contribution is 6.09. The van der Waals surface area contributed by atoms with Crippen molar-refractivity contribution in [3.63, 3.8) is 0 Å². The number of amides is 3. The number of imide groups is 1. The molecule has 2 aromatic rings. The third kappa shape index (κ3) is 5.48. The number of oxime groups is 1. The van der Waals surface area contributed by atoms with Crippen molar-refractivity contribution < 1.29 is 37.4 Å². The zero-order chi connectivity index (χ0) is 23.5. The second kappa shape index (κ2) is 8.77. The van der Waals surface area contributed by atoms with Gasteiger partial charge >= 0.3 is 12.4 Å². The summed E-state index contributed by atoms with van der Waals surface area (Å²) in [6.45, 7) is 2.74. The fourth-order valence-corrected chi connectivity index (χ4v) is 3.01. The fourth-order valence-electron chi connectivity index (χ4n) is 3.01. The molecule has 0 saturated carbocycles. The van der Waals surface area contributed by atoms with Crippen LogP contribution in [0.4, 0.5) is 18.0 Å². The molecule has 32 heavy (non-hydrogen) atoms. The summed E-state index contributed by atoms with van der Waals surface area (Å²) in [5.74, 6) is -0.338. The molecule has 3 rings (SSSR count). The molecule has 2 N–H and O–H groups in total. The average Bonchev–Trinajstić information content (AvgIpc) is 2.92. The van der Waals surface area contributed by atoms with Gasteiger partial charge in [-0.25, -0.2) is 4.79 Å². The zero-order valence-electron chi connectivity index (χ0n) is 17.1. The van der Waals surface area contributed by atoms with Gasteiger partial charge in [0.25, 0.3) is 5.91 Å². The number of hydrogen-bond acceptors (Lipinski definition) is 6. The summed E-state index contributed by atoms with van der Waals surface area (Å²) in [6.07, 6.45) is -4.75. The van der Waals surface area contributed by atoms with Crippen molar-refractivity contribution in [1.82, 2.24) is 10.2 Å². The van der Waals surface area contributed by atoms with E-state index in [2.05, 4.69) is 15.2 Å². The maximum atomic E-state index is 12.3. The van der Waals surface area contributed by atoms with E-state index in [0.29, 0.717) is 11.3 Å². The summed E-state index contributed by atoms with van der Waals surface area (Å²) in [5.41, 5.74) is 0.430. The summed E-state index contributed by atoms with van der Waals surface area (Å²) in [6, 6.07) is 11.5. The van der Waals surface area contributed by atoms with Crippen LogP contribution in [-0.4, -0.2) is 52.8 Å². The first-order valence-electron chi connectivity index (χ1n) is 9.41. The van der Waals surface area contributed by atoms with Crippen LogP contribution in [0.15, 0.2) is 53.7 Å². The van der Waals surface area contributed by atoms with Gasteiger partial charge in [-0.2, -0.15) is 0 Å². The predicted molar refractivity (Wildman–Crippen MR) is 108 cm³/mol. The van der Waals surface area contributed by atoms with Crippen molar-refractivity contribution in [3.8, 4) is 22.6 Å². The SMILES string of the molecule is CC1(C)NC(=O)N(C/C(COc2ccc(-c3ccc(OC(F)(F)F)cc3)cc2)=N/O)C1=O. The number of ether oxygens (including phenoxy) is 2. The highest BCUT2D eigenvalue weighted by Gasteiger charge is 2.44. The summed E-state index contributed by atoms with van der Waals surface area (Å²) >= 11 is 0. The Bertz CT molecular complexity index is 1020. The van der Waals surface area contributed by atoms with Crippen LogP contribution >= 0.6 is 0 Å². The molecule has 0 aromatic heterocycles. The smallest absolute Gasteiger partial charge is 0.487 e. The second-order valence-corrected chi connectivity index (χ2v) is 7.50. The van der Waals surface area contributed by atoms with E-state index in [-0.39, 0.29) is 24.6 Å². The maximum Gasteiger partial charge on any atom is 0.573 e. The third-order valence-corrected chi connectivity index (χ3v) is 4.61. The second-order valence-electron chi connectivity index (χ2n) is 7.50. The van der Waals surface area contributed by atoms with Crippen LogP contribution in [-0.2, 0) is 4.79 Å². The van der Waals surface area contributed by atoms with Gasteiger partial charge in [-0.05, 0) is 49.2 Å². The summed E-state index contributed by atoms with van der Waals surface area (Å²) in [4.78, 5) is 25.1. The Labute approximate surface area is 181 Å². The molecule has 3 amide bonds. The quantitative estimate of drug-likeness (QED) is 0.289. The van der Waals surface area contributed by atoms with Crippen LogP contribution in [0.1, 0.15) is 13.8 Å². The lowest BCUT2D eigenvalue weighted by atomic mass is 10.1. The number of alkyl halides is 3. The summed E-state index contributed by atoms with van der Waals surface area (Å²) in [7, 11) is 0. The third-order valence-electron chi connectivity index (χ3n) is 4.61. The van der Waals surface area contributed by atoms with Gasteiger partial charge in [0.1, 0.15) is 29.4 Å².